The highest BCUT2D eigenvalue weighted by atomic mass is 35.5. The molecule has 1 saturated heterocycles. The van der Waals surface area contributed by atoms with Crippen LogP contribution in [0.25, 0.3) is 0 Å². The molecule has 0 saturated carbocycles. The van der Waals surface area contributed by atoms with E-state index in [0.29, 0.717) is 16.8 Å². The lowest BCUT2D eigenvalue weighted by molar-refractivity contribution is 0.259. The number of carbonyl (C=O) groups excluding carboxylic acids is 1. The number of hydrogen-bond donors (Lipinski definition) is 1. The summed E-state index contributed by atoms with van der Waals surface area (Å²) in [6.45, 7) is 2.12. The number of likely N-dealkylation sites (tertiary alicyclic amines) is 1. The van der Waals surface area contributed by atoms with Crippen LogP contribution in [0.15, 0.2) is 29.3 Å². The fourth-order valence-electron chi connectivity index (χ4n) is 1.93. The van der Waals surface area contributed by atoms with E-state index in [4.69, 9.17) is 11.6 Å². The molecule has 1 atom stereocenters. The van der Waals surface area contributed by atoms with Crippen LogP contribution in [0.5, 0.6) is 0 Å². The third-order valence-electron chi connectivity index (χ3n) is 3.16. The number of amides is 2. The normalized spacial score (nSPS) is 21.4. The average Bonchev–Trinajstić information content (AvgIpc) is 2.61. The molecule has 0 bridgehead atoms. The van der Waals surface area contributed by atoms with Gasteiger partial charge in [0.2, 0.25) is 0 Å². The Morgan fingerprint density at radius 3 is 2.94 bits per heavy atom. The van der Waals surface area contributed by atoms with E-state index in [2.05, 4.69) is 17.2 Å². The molecular weight excluding hydrogens is 250 g/mol. The Hall–Kier alpha value is -1.55. The second kappa shape index (κ2) is 5.40. The number of anilines is 1. The molecule has 0 aliphatic carbocycles. The van der Waals surface area contributed by atoms with Crippen molar-refractivity contribution in [1.29, 1.82) is 0 Å². The molecule has 0 spiro atoms. The number of carbonyl (C=O) groups is 1. The molecule has 2 amide bonds. The number of nitrogens with one attached hydrogen (secondary N) is 1. The van der Waals surface area contributed by atoms with Crippen LogP contribution in [0.4, 0.5) is 10.5 Å². The van der Waals surface area contributed by atoms with Crippen LogP contribution in [-0.4, -0.2) is 29.9 Å². The standard InChI is InChI=1S/C13H16ClN3O/c1-9-6-7-12(17(9)2)16-13(18)15-11-5-3-4-10(14)8-11/h3-5,8-9H,6-7H2,1-2H3,(H,15,18)/b16-12+. The Bertz CT molecular complexity index is 487. The molecule has 1 aromatic rings. The van der Waals surface area contributed by atoms with Crippen LogP contribution in [0.2, 0.25) is 5.02 Å². The number of amidine groups is 1. The molecule has 1 N–H and O–H groups in total. The summed E-state index contributed by atoms with van der Waals surface area (Å²) in [4.78, 5) is 17.9. The monoisotopic (exact) mass is 265 g/mol. The highest BCUT2D eigenvalue weighted by Gasteiger charge is 2.22. The number of urea groups is 1. The van der Waals surface area contributed by atoms with Crippen molar-refractivity contribution >= 4 is 29.2 Å². The lowest BCUT2D eigenvalue weighted by atomic mass is 10.2. The van der Waals surface area contributed by atoms with E-state index in [-0.39, 0.29) is 6.03 Å². The summed E-state index contributed by atoms with van der Waals surface area (Å²) in [5.74, 6) is 0.835. The van der Waals surface area contributed by atoms with Crippen molar-refractivity contribution in [2.24, 2.45) is 4.99 Å². The lowest BCUT2D eigenvalue weighted by Gasteiger charge is -2.17. The minimum atomic E-state index is -0.354. The first-order valence-electron chi connectivity index (χ1n) is 5.93. The first kappa shape index (κ1) is 12.9. The van der Waals surface area contributed by atoms with Crippen molar-refractivity contribution in [1.82, 2.24) is 4.90 Å². The molecule has 1 aliphatic rings. The lowest BCUT2D eigenvalue weighted by Crippen LogP contribution is -2.27. The SMILES string of the molecule is CC1CC/C(=N\C(=O)Nc2cccc(Cl)c2)N1C. The molecule has 18 heavy (non-hydrogen) atoms. The van der Waals surface area contributed by atoms with Gasteiger partial charge in [-0.3, -0.25) is 0 Å². The first-order chi connectivity index (χ1) is 8.56. The fraction of sp³-hybridized carbons (Fsp3) is 0.385. The largest absolute Gasteiger partial charge is 0.360 e. The highest BCUT2D eigenvalue weighted by Crippen LogP contribution is 2.18. The third-order valence-corrected chi connectivity index (χ3v) is 3.40. The second-order valence-corrected chi connectivity index (χ2v) is 4.90. The van der Waals surface area contributed by atoms with E-state index in [1.54, 1.807) is 24.3 Å². The van der Waals surface area contributed by atoms with Gasteiger partial charge in [0.05, 0.1) is 0 Å². The van der Waals surface area contributed by atoms with E-state index in [0.717, 1.165) is 18.7 Å². The van der Waals surface area contributed by atoms with Gasteiger partial charge < -0.3 is 10.2 Å². The van der Waals surface area contributed by atoms with Crippen LogP contribution >= 0.6 is 11.6 Å². The van der Waals surface area contributed by atoms with Crippen LogP contribution in [0.1, 0.15) is 19.8 Å². The van der Waals surface area contributed by atoms with Gasteiger partial charge >= 0.3 is 6.03 Å². The fourth-order valence-corrected chi connectivity index (χ4v) is 2.12. The van der Waals surface area contributed by atoms with Crippen LogP contribution in [0.3, 0.4) is 0 Å². The van der Waals surface area contributed by atoms with Crippen molar-refractivity contribution < 1.29 is 4.79 Å². The maximum atomic E-state index is 11.8. The van der Waals surface area contributed by atoms with E-state index in [1.165, 1.54) is 0 Å². The topological polar surface area (TPSA) is 44.7 Å². The maximum Gasteiger partial charge on any atom is 0.347 e. The van der Waals surface area contributed by atoms with Crippen molar-refractivity contribution in [2.75, 3.05) is 12.4 Å². The third kappa shape index (κ3) is 3.01. The molecule has 0 aromatic heterocycles. The van der Waals surface area contributed by atoms with Crippen molar-refractivity contribution in [3.05, 3.63) is 29.3 Å². The molecule has 0 radical (unpaired) electrons. The molecule has 1 aliphatic heterocycles. The summed E-state index contributed by atoms with van der Waals surface area (Å²) in [6, 6.07) is 7.12. The summed E-state index contributed by atoms with van der Waals surface area (Å²) in [7, 11) is 1.96. The molecule has 1 fully saturated rings. The van der Waals surface area contributed by atoms with Crippen molar-refractivity contribution in [2.45, 2.75) is 25.8 Å². The first-order valence-corrected chi connectivity index (χ1v) is 6.31. The molecule has 1 heterocycles. The number of rotatable bonds is 1. The molecule has 96 valence electrons. The Balaban J connectivity index is 2.03. The van der Waals surface area contributed by atoms with Gasteiger partial charge in [0.1, 0.15) is 5.84 Å². The molecule has 1 aromatic carbocycles. The zero-order valence-electron chi connectivity index (χ0n) is 10.5. The Kier molecular flexibility index (Phi) is 3.87. The van der Waals surface area contributed by atoms with Gasteiger partial charge in [0, 0.05) is 30.2 Å². The number of benzene rings is 1. The van der Waals surface area contributed by atoms with Gasteiger partial charge in [-0.05, 0) is 31.5 Å². The highest BCUT2D eigenvalue weighted by molar-refractivity contribution is 6.30. The summed E-state index contributed by atoms with van der Waals surface area (Å²) >= 11 is 5.85. The molecular formula is C13H16ClN3O. The van der Waals surface area contributed by atoms with Crippen molar-refractivity contribution in [3.63, 3.8) is 0 Å². The van der Waals surface area contributed by atoms with E-state index in [1.807, 2.05) is 11.9 Å². The molecule has 4 nitrogen and oxygen atoms in total. The van der Waals surface area contributed by atoms with Gasteiger partial charge in [0.25, 0.3) is 0 Å². The van der Waals surface area contributed by atoms with E-state index in [9.17, 15) is 4.79 Å². The second-order valence-electron chi connectivity index (χ2n) is 4.47. The quantitative estimate of drug-likeness (QED) is 0.846. The zero-order valence-corrected chi connectivity index (χ0v) is 11.2. The zero-order chi connectivity index (χ0) is 13.1. The minimum absolute atomic E-state index is 0.354. The van der Waals surface area contributed by atoms with Gasteiger partial charge in [-0.1, -0.05) is 17.7 Å². The molecule has 1 unspecified atom stereocenters. The van der Waals surface area contributed by atoms with Crippen LogP contribution < -0.4 is 5.32 Å². The molecule has 2 rings (SSSR count). The van der Waals surface area contributed by atoms with Gasteiger partial charge in [-0.25, -0.2) is 4.79 Å². The Morgan fingerprint density at radius 2 is 2.33 bits per heavy atom. The number of nitrogens with zero attached hydrogens (tertiary/aromatic N) is 2. The van der Waals surface area contributed by atoms with E-state index >= 15 is 0 Å². The summed E-state index contributed by atoms with van der Waals surface area (Å²) in [6.07, 6.45) is 1.89. The predicted molar refractivity (Wildman–Crippen MR) is 74.4 cm³/mol. The number of halogens is 1. The average molecular weight is 266 g/mol. The summed E-state index contributed by atoms with van der Waals surface area (Å²) in [5, 5.41) is 3.30. The van der Waals surface area contributed by atoms with Gasteiger partial charge in [-0.2, -0.15) is 4.99 Å². The van der Waals surface area contributed by atoms with Gasteiger partial charge in [0.15, 0.2) is 0 Å². The predicted octanol–water partition coefficient (Wildman–Crippen LogP) is 3.38. The van der Waals surface area contributed by atoms with E-state index < -0.39 is 0 Å². The maximum absolute atomic E-state index is 11.8. The number of hydrogen-bond acceptors (Lipinski definition) is 1. The Labute approximate surface area is 112 Å². The smallest absolute Gasteiger partial charge is 0.347 e. The van der Waals surface area contributed by atoms with Crippen LogP contribution in [-0.2, 0) is 0 Å². The molecule has 5 heteroatoms. The summed E-state index contributed by atoms with van der Waals surface area (Å²) in [5.41, 5.74) is 0.658. The minimum Gasteiger partial charge on any atom is -0.360 e. The Morgan fingerprint density at radius 1 is 1.56 bits per heavy atom. The van der Waals surface area contributed by atoms with Crippen molar-refractivity contribution in [3.8, 4) is 0 Å². The van der Waals surface area contributed by atoms with Gasteiger partial charge in [-0.15, -0.1) is 0 Å². The number of aliphatic imine (C=N–C) groups is 1. The van der Waals surface area contributed by atoms with Crippen LogP contribution in [0, 0.1) is 0 Å². The summed E-state index contributed by atoms with van der Waals surface area (Å²) < 4.78 is 0.